The van der Waals surface area contributed by atoms with Crippen LogP contribution in [0.3, 0.4) is 0 Å². The van der Waals surface area contributed by atoms with E-state index in [1.54, 1.807) is 5.56 Å². The van der Waals surface area contributed by atoms with Crippen LogP contribution in [-0.2, 0) is 24.0 Å². The van der Waals surface area contributed by atoms with Crippen molar-refractivity contribution >= 4 is 11.7 Å². The lowest BCUT2D eigenvalue weighted by molar-refractivity contribution is 0.0529. The van der Waals surface area contributed by atoms with Crippen LogP contribution in [0.25, 0.3) is 5.57 Å². The topological polar surface area (TPSA) is 38.3 Å². The molecule has 0 aliphatic heterocycles. The summed E-state index contributed by atoms with van der Waals surface area (Å²) < 4.78 is 5.28. The van der Waals surface area contributed by atoms with Crippen molar-refractivity contribution in [3.05, 3.63) is 40.5 Å². The van der Waals surface area contributed by atoms with Gasteiger partial charge in [-0.1, -0.05) is 18.2 Å². The highest BCUT2D eigenvalue weighted by Crippen LogP contribution is 2.37. The molecule has 2 aliphatic carbocycles. The molecule has 1 aromatic rings. The molecular formula is C19H25NO2. The number of ether oxygens (including phenoxy) is 1. The summed E-state index contributed by atoms with van der Waals surface area (Å²) in [6, 6.07) is 4.58. The molecular weight excluding hydrogens is 274 g/mol. The third-order valence-corrected chi connectivity index (χ3v) is 4.32. The second-order valence-electron chi connectivity index (χ2n) is 7.20. The van der Waals surface area contributed by atoms with Gasteiger partial charge in [0.15, 0.2) is 0 Å². The molecule has 0 unspecified atom stereocenters. The summed E-state index contributed by atoms with van der Waals surface area (Å²) in [4.78, 5) is 11.7. The molecule has 0 spiro atoms. The Labute approximate surface area is 132 Å². The third kappa shape index (κ3) is 3.18. The molecule has 1 N–H and O–H groups in total. The fourth-order valence-corrected chi connectivity index (χ4v) is 3.46. The van der Waals surface area contributed by atoms with E-state index in [0.717, 1.165) is 12.8 Å². The molecule has 0 atom stereocenters. The number of carbonyl (C=O) groups is 1. The maximum absolute atomic E-state index is 11.7. The number of nitrogens with one attached hydrogen (secondary N) is 1. The van der Waals surface area contributed by atoms with Crippen LogP contribution in [0.2, 0.25) is 0 Å². The number of allylic oxidation sites excluding steroid dienone is 1. The quantitative estimate of drug-likeness (QED) is 0.915. The van der Waals surface area contributed by atoms with Crippen molar-refractivity contribution < 1.29 is 9.53 Å². The average molecular weight is 299 g/mol. The first-order valence-corrected chi connectivity index (χ1v) is 8.24. The maximum Gasteiger partial charge on any atom is 0.407 e. The van der Waals surface area contributed by atoms with Crippen molar-refractivity contribution in [3.8, 4) is 0 Å². The van der Waals surface area contributed by atoms with Crippen molar-refractivity contribution in [2.75, 3.05) is 6.54 Å². The van der Waals surface area contributed by atoms with Crippen LogP contribution in [0.15, 0.2) is 18.2 Å². The number of aryl methyl sites for hydroxylation is 1. The lowest BCUT2D eigenvalue weighted by atomic mass is 9.94. The van der Waals surface area contributed by atoms with Crippen LogP contribution in [0, 0.1) is 0 Å². The molecule has 0 saturated heterocycles. The zero-order valence-electron chi connectivity index (χ0n) is 13.8. The predicted molar refractivity (Wildman–Crippen MR) is 89.0 cm³/mol. The van der Waals surface area contributed by atoms with E-state index in [-0.39, 0.29) is 6.09 Å². The summed E-state index contributed by atoms with van der Waals surface area (Å²) in [5, 5.41) is 2.86. The molecule has 0 fully saturated rings. The van der Waals surface area contributed by atoms with Gasteiger partial charge in [0.1, 0.15) is 5.60 Å². The van der Waals surface area contributed by atoms with Gasteiger partial charge in [-0.15, -0.1) is 0 Å². The molecule has 3 rings (SSSR count). The first kappa shape index (κ1) is 15.1. The number of rotatable bonds is 3. The molecule has 1 aromatic carbocycles. The molecule has 0 bridgehead atoms. The van der Waals surface area contributed by atoms with Crippen molar-refractivity contribution in [1.82, 2.24) is 5.32 Å². The molecule has 0 radical (unpaired) electrons. The van der Waals surface area contributed by atoms with Gasteiger partial charge in [-0.2, -0.15) is 0 Å². The lowest BCUT2D eigenvalue weighted by Crippen LogP contribution is -2.33. The van der Waals surface area contributed by atoms with Crippen LogP contribution in [0.4, 0.5) is 4.79 Å². The SMILES string of the molecule is CC(C)(C)OC(=O)NCCC1=CCc2ccc3c(c21)CCC3. The zero-order chi connectivity index (χ0) is 15.7. The van der Waals surface area contributed by atoms with E-state index in [4.69, 9.17) is 4.74 Å². The van der Waals surface area contributed by atoms with Gasteiger partial charge in [0.2, 0.25) is 0 Å². The van der Waals surface area contributed by atoms with Gasteiger partial charge in [-0.25, -0.2) is 4.79 Å². The number of benzene rings is 1. The van der Waals surface area contributed by atoms with Crippen LogP contribution >= 0.6 is 0 Å². The second kappa shape index (κ2) is 5.79. The Bertz CT molecular complexity index is 623. The van der Waals surface area contributed by atoms with E-state index in [1.807, 2.05) is 20.8 Å². The minimum atomic E-state index is -0.440. The van der Waals surface area contributed by atoms with Crippen LogP contribution in [-0.4, -0.2) is 18.2 Å². The average Bonchev–Trinajstić information content (AvgIpc) is 3.01. The standard InChI is InChI=1S/C19H25NO2/c1-19(2,3)22-18(21)20-12-11-15-10-9-14-8-7-13-5-4-6-16(13)17(14)15/h7-8,10H,4-6,9,11-12H2,1-3H3,(H,20,21). The van der Waals surface area contributed by atoms with Gasteiger partial charge in [0, 0.05) is 6.54 Å². The summed E-state index contributed by atoms with van der Waals surface area (Å²) >= 11 is 0. The molecule has 0 saturated carbocycles. The highest BCUT2D eigenvalue weighted by atomic mass is 16.6. The zero-order valence-corrected chi connectivity index (χ0v) is 13.8. The van der Waals surface area contributed by atoms with Crippen molar-refractivity contribution in [2.45, 2.75) is 58.5 Å². The summed E-state index contributed by atoms with van der Waals surface area (Å²) in [7, 11) is 0. The number of hydrogen-bond donors (Lipinski definition) is 1. The van der Waals surface area contributed by atoms with E-state index in [1.165, 1.54) is 41.5 Å². The Morgan fingerprint density at radius 2 is 2.00 bits per heavy atom. The highest BCUT2D eigenvalue weighted by molar-refractivity contribution is 5.77. The van der Waals surface area contributed by atoms with Gasteiger partial charge in [0.25, 0.3) is 0 Å². The monoisotopic (exact) mass is 299 g/mol. The highest BCUT2D eigenvalue weighted by Gasteiger charge is 2.23. The maximum atomic E-state index is 11.7. The van der Waals surface area contributed by atoms with E-state index < -0.39 is 5.60 Å². The van der Waals surface area contributed by atoms with Gasteiger partial charge >= 0.3 is 6.09 Å². The number of alkyl carbamates (subject to hydrolysis) is 1. The van der Waals surface area contributed by atoms with Gasteiger partial charge in [-0.3, -0.25) is 0 Å². The molecule has 0 heterocycles. The van der Waals surface area contributed by atoms with Crippen LogP contribution < -0.4 is 5.32 Å². The minimum absolute atomic E-state index is 0.329. The largest absolute Gasteiger partial charge is 0.444 e. The molecule has 3 nitrogen and oxygen atoms in total. The van der Waals surface area contributed by atoms with Crippen molar-refractivity contribution in [1.29, 1.82) is 0 Å². The van der Waals surface area contributed by atoms with Crippen molar-refractivity contribution in [3.63, 3.8) is 0 Å². The molecule has 118 valence electrons. The summed E-state index contributed by atoms with van der Waals surface area (Å²) in [5.41, 5.74) is 6.95. The molecule has 2 aliphatic rings. The van der Waals surface area contributed by atoms with Crippen molar-refractivity contribution in [2.24, 2.45) is 0 Å². The number of amides is 1. The Morgan fingerprint density at radius 3 is 2.77 bits per heavy atom. The third-order valence-electron chi connectivity index (χ3n) is 4.32. The first-order valence-electron chi connectivity index (χ1n) is 8.24. The lowest BCUT2D eigenvalue weighted by Gasteiger charge is -2.20. The molecule has 3 heteroatoms. The smallest absolute Gasteiger partial charge is 0.407 e. The normalized spacial score (nSPS) is 16.0. The molecule has 1 amide bonds. The van der Waals surface area contributed by atoms with Gasteiger partial charge in [-0.05, 0) is 80.7 Å². The fourth-order valence-electron chi connectivity index (χ4n) is 3.46. The van der Waals surface area contributed by atoms with Crippen LogP contribution in [0.1, 0.15) is 55.9 Å². The fraction of sp³-hybridized carbons (Fsp3) is 0.526. The predicted octanol–water partition coefficient (Wildman–Crippen LogP) is 4.03. The number of fused-ring (bicyclic) bond motifs is 3. The first-order chi connectivity index (χ1) is 10.4. The van der Waals surface area contributed by atoms with Gasteiger partial charge in [0.05, 0.1) is 0 Å². The number of carbonyl (C=O) groups excluding carboxylic acids is 1. The molecule has 22 heavy (non-hydrogen) atoms. The van der Waals surface area contributed by atoms with E-state index in [0.29, 0.717) is 6.54 Å². The van der Waals surface area contributed by atoms with E-state index in [2.05, 4.69) is 23.5 Å². The Balaban J connectivity index is 1.61. The van der Waals surface area contributed by atoms with E-state index >= 15 is 0 Å². The molecule has 0 aromatic heterocycles. The Hall–Kier alpha value is -1.77. The summed E-state index contributed by atoms with van der Waals surface area (Å²) in [6.45, 7) is 6.27. The summed E-state index contributed by atoms with van der Waals surface area (Å²) in [5.74, 6) is 0. The van der Waals surface area contributed by atoms with Gasteiger partial charge < -0.3 is 10.1 Å². The Morgan fingerprint density at radius 1 is 1.23 bits per heavy atom. The minimum Gasteiger partial charge on any atom is -0.444 e. The Kier molecular flexibility index (Phi) is 3.98. The van der Waals surface area contributed by atoms with E-state index in [9.17, 15) is 4.79 Å². The second-order valence-corrected chi connectivity index (χ2v) is 7.20. The summed E-state index contributed by atoms with van der Waals surface area (Å²) in [6.07, 6.45) is 7.59. The number of hydrogen-bond acceptors (Lipinski definition) is 2. The van der Waals surface area contributed by atoms with Crippen LogP contribution in [0.5, 0.6) is 0 Å².